The maximum absolute atomic E-state index is 12.8. The fourth-order valence-corrected chi connectivity index (χ4v) is 3.13. The molecule has 2 nitrogen and oxygen atoms in total. The quantitative estimate of drug-likeness (QED) is 0.834. The van der Waals surface area contributed by atoms with Crippen LogP contribution in [0.2, 0.25) is 0 Å². The Morgan fingerprint density at radius 1 is 1.10 bits per heavy atom. The van der Waals surface area contributed by atoms with E-state index in [2.05, 4.69) is 50.8 Å². The van der Waals surface area contributed by atoms with Crippen molar-refractivity contribution in [3.63, 3.8) is 0 Å². The van der Waals surface area contributed by atoms with E-state index in [0.717, 1.165) is 13.1 Å². The summed E-state index contributed by atoms with van der Waals surface area (Å²) in [5.74, 6) is 0.344. The van der Waals surface area contributed by atoms with Gasteiger partial charge in [-0.05, 0) is 70.3 Å². The summed E-state index contributed by atoms with van der Waals surface area (Å²) < 4.78 is 0. The highest BCUT2D eigenvalue weighted by molar-refractivity contribution is 5.89. The van der Waals surface area contributed by atoms with Crippen molar-refractivity contribution in [2.45, 2.75) is 58.9 Å². The van der Waals surface area contributed by atoms with Crippen molar-refractivity contribution in [2.75, 3.05) is 13.1 Å². The molecule has 1 saturated heterocycles. The van der Waals surface area contributed by atoms with Gasteiger partial charge in [-0.3, -0.25) is 9.69 Å². The van der Waals surface area contributed by atoms with Crippen LogP contribution >= 0.6 is 0 Å². The van der Waals surface area contributed by atoms with Crippen molar-refractivity contribution in [3.8, 4) is 0 Å². The molecule has 0 aromatic heterocycles. The zero-order valence-corrected chi connectivity index (χ0v) is 13.3. The number of piperidine rings is 1. The van der Waals surface area contributed by atoms with Crippen LogP contribution in [0.4, 0.5) is 0 Å². The molecule has 1 fully saturated rings. The lowest BCUT2D eigenvalue weighted by Crippen LogP contribution is -2.52. The molecule has 20 heavy (non-hydrogen) atoms. The van der Waals surface area contributed by atoms with Crippen molar-refractivity contribution in [3.05, 3.63) is 34.9 Å². The van der Waals surface area contributed by atoms with Crippen molar-refractivity contribution in [2.24, 2.45) is 0 Å². The number of carbonyl (C=O) groups is 1. The van der Waals surface area contributed by atoms with Crippen LogP contribution in [0.25, 0.3) is 0 Å². The Morgan fingerprint density at radius 3 is 2.20 bits per heavy atom. The van der Waals surface area contributed by atoms with E-state index in [0.29, 0.717) is 12.2 Å². The molecule has 1 aromatic rings. The highest BCUT2D eigenvalue weighted by Crippen LogP contribution is 2.24. The topological polar surface area (TPSA) is 20.3 Å². The Hall–Kier alpha value is -1.15. The lowest BCUT2D eigenvalue weighted by Gasteiger charge is -2.40. The van der Waals surface area contributed by atoms with Gasteiger partial charge in [0, 0.05) is 6.42 Å². The summed E-state index contributed by atoms with van der Waals surface area (Å²) in [6, 6.07) is 6.27. The van der Waals surface area contributed by atoms with Gasteiger partial charge in [0.2, 0.25) is 0 Å². The first-order chi connectivity index (χ1) is 9.43. The standard InChI is InChI=1S/C18H27NO/c1-14-9-8-10-15(2)16(14)13-17(20)18(3,4)19-11-6-5-7-12-19/h8-10H,5-7,11-13H2,1-4H3. The third-order valence-corrected chi connectivity index (χ3v) is 4.81. The minimum absolute atomic E-state index is 0.338. The number of carbonyl (C=O) groups excluding carboxylic acids is 1. The van der Waals surface area contributed by atoms with Gasteiger partial charge in [0.15, 0.2) is 5.78 Å². The number of Topliss-reactive ketones (excluding diaryl/α,β-unsaturated/α-hetero) is 1. The smallest absolute Gasteiger partial charge is 0.156 e. The molecule has 0 spiro atoms. The average Bonchev–Trinajstić information content (AvgIpc) is 2.43. The number of benzene rings is 1. The molecule has 0 bridgehead atoms. The van der Waals surface area contributed by atoms with Crippen LogP contribution in [-0.4, -0.2) is 29.3 Å². The molecule has 0 radical (unpaired) electrons. The second-order valence-corrected chi connectivity index (χ2v) is 6.58. The van der Waals surface area contributed by atoms with Crippen molar-refractivity contribution in [1.82, 2.24) is 4.90 Å². The largest absolute Gasteiger partial charge is 0.297 e. The predicted octanol–water partition coefficient (Wildman–Crippen LogP) is 3.68. The molecular weight excluding hydrogens is 246 g/mol. The third-order valence-electron chi connectivity index (χ3n) is 4.81. The predicted molar refractivity (Wildman–Crippen MR) is 84.1 cm³/mol. The van der Waals surface area contributed by atoms with Crippen LogP contribution in [-0.2, 0) is 11.2 Å². The molecule has 0 amide bonds. The van der Waals surface area contributed by atoms with Crippen LogP contribution in [0.1, 0.15) is 49.8 Å². The molecule has 1 heterocycles. The zero-order chi connectivity index (χ0) is 14.8. The van der Waals surface area contributed by atoms with E-state index >= 15 is 0 Å². The van der Waals surface area contributed by atoms with E-state index in [1.807, 2.05) is 0 Å². The van der Waals surface area contributed by atoms with Gasteiger partial charge in [0.05, 0.1) is 5.54 Å². The van der Waals surface area contributed by atoms with Crippen LogP contribution in [0.5, 0.6) is 0 Å². The van der Waals surface area contributed by atoms with Gasteiger partial charge in [0.1, 0.15) is 0 Å². The van der Waals surface area contributed by atoms with E-state index < -0.39 is 0 Å². The molecule has 0 atom stereocenters. The number of hydrogen-bond donors (Lipinski definition) is 0. The highest BCUT2D eigenvalue weighted by Gasteiger charge is 2.34. The summed E-state index contributed by atoms with van der Waals surface area (Å²) in [5.41, 5.74) is 3.33. The van der Waals surface area contributed by atoms with Crippen LogP contribution in [0, 0.1) is 13.8 Å². The first-order valence-corrected chi connectivity index (χ1v) is 7.76. The molecule has 2 rings (SSSR count). The van der Waals surface area contributed by atoms with Crippen molar-refractivity contribution in [1.29, 1.82) is 0 Å². The fraction of sp³-hybridized carbons (Fsp3) is 0.611. The van der Waals surface area contributed by atoms with E-state index in [1.54, 1.807) is 0 Å². The first kappa shape index (κ1) is 15.2. The Bertz CT molecular complexity index is 464. The van der Waals surface area contributed by atoms with Gasteiger partial charge < -0.3 is 0 Å². The lowest BCUT2D eigenvalue weighted by molar-refractivity contribution is -0.129. The second kappa shape index (κ2) is 6.09. The van der Waals surface area contributed by atoms with E-state index in [-0.39, 0.29) is 5.54 Å². The van der Waals surface area contributed by atoms with E-state index in [1.165, 1.54) is 36.0 Å². The van der Waals surface area contributed by atoms with Gasteiger partial charge in [-0.25, -0.2) is 0 Å². The summed E-state index contributed by atoms with van der Waals surface area (Å²) in [6.07, 6.45) is 4.31. The molecular formula is C18H27NO. The van der Waals surface area contributed by atoms with Crippen molar-refractivity contribution < 1.29 is 4.79 Å². The molecule has 0 aliphatic carbocycles. The molecule has 110 valence electrons. The molecule has 0 N–H and O–H groups in total. The molecule has 1 aliphatic heterocycles. The average molecular weight is 273 g/mol. The summed E-state index contributed by atoms with van der Waals surface area (Å²) >= 11 is 0. The van der Waals surface area contributed by atoms with Gasteiger partial charge in [-0.15, -0.1) is 0 Å². The van der Waals surface area contributed by atoms with Crippen molar-refractivity contribution >= 4 is 5.78 Å². The number of nitrogens with zero attached hydrogens (tertiary/aromatic N) is 1. The molecule has 1 aliphatic rings. The molecule has 0 saturated carbocycles. The summed E-state index contributed by atoms with van der Waals surface area (Å²) in [5, 5.41) is 0. The first-order valence-electron chi connectivity index (χ1n) is 7.76. The molecule has 2 heteroatoms. The fourth-order valence-electron chi connectivity index (χ4n) is 3.13. The monoisotopic (exact) mass is 273 g/mol. The maximum Gasteiger partial charge on any atom is 0.156 e. The number of aryl methyl sites for hydroxylation is 2. The number of likely N-dealkylation sites (tertiary alicyclic amines) is 1. The van der Waals surface area contributed by atoms with Gasteiger partial charge in [0.25, 0.3) is 0 Å². The summed E-state index contributed by atoms with van der Waals surface area (Å²) in [6.45, 7) is 10.5. The third kappa shape index (κ3) is 3.12. The summed E-state index contributed by atoms with van der Waals surface area (Å²) in [7, 11) is 0. The summed E-state index contributed by atoms with van der Waals surface area (Å²) in [4.78, 5) is 15.2. The number of hydrogen-bond acceptors (Lipinski definition) is 2. The van der Waals surface area contributed by atoms with E-state index in [4.69, 9.17) is 0 Å². The molecule has 1 aromatic carbocycles. The van der Waals surface area contributed by atoms with Gasteiger partial charge in [-0.2, -0.15) is 0 Å². The number of rotatable bonds is 4. The minimum atomic E-state index is -0.338. The Kier molecular flexibility index (Phi) is 4.64. The Morgan fingerprint density at radius 2 is 1.65 bits per heavy atom. The Labute approximate surface area is 123 Å². The van der Waals surface area contributed by atoms with E-state index in [9.17, 15) is 4.79 Å². The highest BCUT2D eigenvalue weighted by atomic mass is 16.1. The van der Waals surface area contributed by atoms with Crippen LogP contribution < -0.4 is 0 Å². The normalized spacial score (nSPS) is 17.2. The van der Waals surface area contributed by atoms with Crippen LogP contribution in [0.3, 0.4) is 0 Å². The maximum atomic E-state index is 12.8. The second-order valence-electron chi connectivity index (χ2n) is 6.58. The minimum Gasteiger partial charge on any atom is -0.297 e. The zero-order valence-electron chi connectivity index (χ0n) is 13.3. The number of ketones is 1. The lowest BCUT2D eigenvalue weighted by atomic mass is 9.87. The Balaban J connectivity index is 2.14. The molecule has 0 unspecified atom stereocenters. The SMILES string of the molecule is Cc1cccc(C)c1CC(=O)C(C)(C)N1CCCCC1. The van der Waals surface area contributed by atoms with Gasteiger partial charge in [-0.1, -0.05) is 24.6 Å². The van der Waals surface area contributed by atoms with Gasteiger partial charge >= 0.3 is 0 Å². The van der Waals surface area contributed by atoms with Crippen LogP contribution in [0.15, 0.2) is 18.2 Å².